The molecule has 0 saturated carbocycles. The number of anilines is 1. The van der Waals surface area contributed by atoms with E-state index >= 15 is 0 Å². The highest BCUT2D eigenvalue weighted by atomic mass is 35.5. The van der Waals surface area contributed by atoms with E-state index in [2.05, 4.69) is 15.3 Å². The van der Waals surface area contributed by atoms with Crippen LogP contribution in [0.4, 0.5) is 5.95 Å². The Morgan fingerprint density at radius 3 is 2.61 bits per heavy atom. The molecule has 0 bridgehead atoms. The lowest BCUT2D eigenvalue weighted by Crippen LogP contribution is -1.99. The highest BCUT2D eigenvalue weighted by Gasteiger charge is 2.07. The van der Waals surface area contributed by atoms with E-state index in [1.54, 1.807) is 31.3 Å². The molecule has 1 aromatic heterocycles. The maximum absolute atomic E-state index is 6.02. The first-order valence-corrected chi connectivity index (χ1v) is 6.00. The summed E-state index contributed by atoms with van der Waals surface area (Å²) in [6.07, 6.45) is 0. The van der Waals surface area contributed by atoms with E-state index in [1.165, 1.54) is 0 Å². The summed E-state index contributed by atoms with van der Waals surface area (Å²) in [5, 5.41) is 3.85. The third-order valence-corrected chi connectivity index (χ3v) is 2.69. The number of ether oxygens (including phenoxy) is 1. The Hall–Kier alpha value is -1.52. The molecule has 18 heavy (non-hydrogen) atoms. The molecule has 1 heterocycles. The van der Waals surface area contributed by atoms with Crippen LogP contribution in [0, 0.1) is 6.92 Å². The lowest BCUT2D eigenvalue weighted by Gasteiger charge is -2.08. The summed E-state index contributed by atoms with van der Waals surface area (Å²) in [6, 6.07) is 6.74. The van der Waals surface area contributed by atoms with Crippen molar-refractivity contribution in [3.63, 3.8) is 0 Å². The molecule has 1 N–H and O–H groups in total. The molecular weight excluding hydrogens is 273 g/mol. The number of nitrogens with zero attached hydrogens (tertiary/aromatic N) is 2. The van der Waals surface area contributed by atoms with Gasteiger partial charge in [0.2, 0.25) is 11.8 Å². The predicted octanol–water partition coefficient (Wildman–Crippen LogP) is 3.93. The van der Waals surface area contributed by atoms with E-state index in [1.807, 2.05) is 6.92 Å². The van der Waals surface area contributed by atoms with Gasteiger partial charge >= 0.3 is 0 Å². The second-order valence-electron chi connectivity index (χ2n) is 3.60. The minimum Gasteiger partial charge on any atom is -0.437 e. The van der Waals surface area contributed by atoms with E-state index in [0.29, 0.717) is 27.6 Å². The zero-order chi connectivity index (χ0) is 13.1. The first kappa shape index (κ1) is 12.9. The molecule has 2 aromatic rings. The van der Waals surface area contributed by atoms with Gasteiger partial charge in [0.1, 0.15) is 5.75 Å². The van der Waals surface area contributed by atoms with E-state index in [0.717, 1.165) is 5.69 Å². The second kappa shape index (κ2) is 5.42. The maximum atomic E-state index is 6.02. The van der Waals surface area contributed by atoms with Crippen LogP contribution in [0.5, 0.6) is 11.6 Å². The maximum Gasteiger partial charge on any atom is 0.225 e. The Kier molecular flexibility index (Phi) is 3.89. The average molecular weight is 284 g/mol. The molecule has 0 aliphatic rings. The molecule has 0 spiro atoms. The Bertz CT molecular complexity index is 575. The molecule has 2 rings (SSSR count). The number of hydrogen-bond acceptors (Lipinski definition) is 4. The van der Waals surface area contributed by atoms with Crippen molar-refractivity contribution < 1.29 is 4.74 Å². The van der Waals surface area contributed by atoms with E-state index in [-0.39, 0.29) is 0 Å². The average Bonchev–Trinajstić information content (AvgIpc) is 2.32. The summed E-state index contributed by atoms with van der Waals surface area (Å²) >= 11 is 11.8. The smallest absolute Gasteiger partial charge is 0.225 e. The fourth-order valence-corrected chi connectivity index (χ4v) is 1.82. The summed E-state index contributed by atoms with van der Waals surface area (Å²) in [5.74, 6) is 1.42. The van der Waals surface area contributed by atoms with Crippen molar-refractivity contribution in [1.29, 1.82) is 0 Å². The summed E-state index contributed by atoms with van der Waals surface area (Å²) in [6.45, 7) is 1.86. The van der Waals surface area contributed by atoms with Gasteiger partial charge < -0.3 is 10.1 Å². The van der Waals surface area contributed by atoms with Crippen molar-refractivity contribution in [3.05, 3.63) is 40.0 Å². The molecule has 0 saturated heterocycles. The molecule has 0 aliphatic carbocycles. The molecule has 0 radical (unpaired) electrons. The number of nitrogens with one attached hydrogen (secondary N) is 1. The van der Waals surface area contributed by atoms with Crippen LogP contribution >= 0.6 is 23.2 Å². The first-order chi connectivity index (χ1) is 8.58. The molecule has 0 atom stereocenters. The van der Waals surface area contributed by atoms with Crippen molar-refractivity contribution in [1.82, 2.24) is 9.97 Å². The van der Waals surface area contributed by atoms with Crippen LogP contribution in [0.1, 0.15) is 5.69 Å². The normalized spacial score (nSPS) is 10.2. The molecule has 4 nitrogen and oxygen atoms in total. The standard InChI is InChI=1S/C12H11Cl2N3O/c1-7-5-11(17-12(15-2)16-7)18-10-4-3-8(13)6-9(10)14/h3-6H,1-2H3,(H,15,16,17). The van der Waals surface area contributed by atoms with Gasteiger partial charge in [0.15, 0.2) is 0 Å². The van der Waals surface area contributed by atoms with E-state index in [4.69, 9.17) is 27.9 Å². The molecular formula is C12H11Cl2N3O. The molecule has 94 valence electrons. The number of hydrogen-bond donors (Lipinski definition) is 1. The van der Waals surface area contributed by atoms with Gasteiger partial charge in [0, 0.05) is 23.8 Å². The fourth-order valence-electron chi connectivity index (χ4n) is 1.37. The van der Waals surface area contributed by atoms with Crippen LogP contribution in [0.15, 0.2) is 24.3 Å². The van der Waals surface area contributed by atoms with Gasteiger partial charge in [-0.3, -0.25) is 0 Å². The van der Waals surface area contributed by atoms with Gasteiger partial charge in [0.05, 0.1) is 5.02 Å². The summed E-state index contributed by atoms with van der Waals surface area (Å²) in [4.78, 5) is 8.35. The van der Waals surface area contributed by atoms with Crippen LogP contribution in [0.25, 0.3) is 0 Å². The minimum absolute atomic E-state index is 0.427. The quantitative estimate of drug-likeness (QED) is 0.927. The number of rotatable bonds is 3. The summed E-state index contributed by atoms with van der Waals surface area (Å²) < 4.78 is 5.61. The Labute approximate surface area is 115 Å². The predicted molar refractivity (Wildman–Crippen MR) is 72.9 cm³/mol. The highest BCUT2D eigenvalue weighted by Crippen LogP contribution is 2.31. The van der Waals surface area contributed by atoms with Crippen LogP contribution in [-0.2, 0) is 0 Å². The van der Waals surface area contributed by atoms with E-state index in [9.17, 15) is 0 Å². The monoisotopic (exact) mass is 283 g/mol. The van der Waals surface area contributed by atoms with Gasteiger partial charge in [-0.15, -0.1) is 0 Å². The Balaban J connectivity index is 2.30. The molecule has 0 fully saturated rings. The number of halogens is 2. The van der Waals surface area contributed by atoms with Crippen LogP contribution in [-0.4, -0.2) is 17.0 Å². The third-order valence-electron chi connectivity index (χ3n) is 2.16. The number of aryl methyl sites for hydroxylation is 1. The number of benzene rings is 1. The topological polar surface area (TPSA) is 47.0 Å². The van der Waals surface area contributed by atoms with E-state index < -0.39 is 0 Å². The van der Waals surface area contributed by atoms with Crippen molar-refractivity contribution >= 4 is 29.2 Å². The largest absolute Gasteiger partial charge is 0.437 e. The Morgan fingerprint density at radius 2 is 1.94 bits per heavy atom. The van der Waals surface area contributed by atoms with Gasteiger partial charge in [-0.2, -0.15) is 4.98 Å². The Morgan fingerprint density at radius 1 is 1.17 bits per heavy atom. The van der Waals surface area contributed by atoms with Crippen molar-refractivity contribution in [2.75, 3.05) is 12.4 Å². The molecule has 6 heteroatoms. The third kappa shape index (κ3) is 3.03. The van der Waals surface area contributed by atoms with Gasteiger partial charge in [-0.05, 0) is 25.1 Å². The van der Waals surface area contributed by atoms with Crippen molar-refractivity contribution in [2.45, 2.75) is 6.92 Å². The summed E-state index contributed by atoms with van der Waals surface area (Å²) in [5.41, 5.74) is 0.800. The SMILES string of the molecule is CNc1nc(C)cc(Oc2ccc(Cl)cc2Cl)n1. The molecule has 1 aromatic carbocycles. The van der Waals surface area contributed by atoms with Crippen LogP contribution < -0.4 is 10.1 Å². The molecule has 0 aliphatic heterocycles. The van der Waals surface area contributed by atoms with Crippen molar-refractivity contribution in [2.24, 2.45) is 0 Å². The zero-order valence-corrected chi connectivity index (χ0v) is 11.4. The number of aromatic nitrogens is 2. The van der Waals surface area contributed by atoms with Gasteiger partial charge in [-0.25, -0.2) is 4.98 Å². The second-order valence-corrected chi connectivity index (χ2v) is 4.44. The van der Waals surface area contributed by atoms with Gasteiger partial charge in [-0.1, -0.05) is 23.2 Å². The molecule has 0 unspecified atom stereocenters. The van der Waals surface area contributed by atoms with Crippen LogP contribution in [0.2, 0.25) is 10.0 Å². The fraction of sp³-hybridized carbons (Fsp3) is 0.167. The first-order valence-electron chi connectivity index (χ1n) is 5.25. The minimum atomic E-state index is 0.427. The van der Waals surface area contributed by atoms with Crippen molar-refractivity contribution in [3.8, 4) is 11.6 Å². The highest BCUT2D eigenvalue weighted by molar-refractivity contribution is 6.35. The molecule has 0 amide bonds. The van der Waals surface area contributed by atoms with Crippen LogP contribution in [0.3, 0.4) is 0 Å². The van der Waals surface area contributed by atoms with Gasteiger partial charge in [0.25, 0.3) is 0 Å². The lowest BCUT2D eigenvalue weighted by atomic mass is 10.3. The lowest BCUT2D eigenvalue weighted by molar-refractivity contribution is 0.462. The summed E-state index contributed by atoms with van der Waals surface area (Å²) in [7, 11) is 1.74. The zero-order valence-electron chi connectivity index (χ0n) is 9.87.